The highest BCUT2D eigenvalue weighted by molar-refractivity contribution is 5.86. The summed E-state index contributed by atoms with van der Waals surface area (Å²) in [5.74, 6) is 0.787. The van der Waals surface area contributed by atoms with Crippen LogP contribution in [0.25, 0.3) is 0 Å². The maximum Gasteiger partial charge on any atom is 0.240 e. The zero-order valence-electron chi connectivity index (χ0n) is 10.8. The van der Waals surface area contributed by atoms with Gasteiger partial charge in [0.1, 0.15) is 5.76 Å². The molecule has 1 aromatic rings. The molecular weight excluding hydrogens is 216 g/mol. The van der Waals surface area contributed by atoms with Crippen molar-refractivity contribution in [2.75, 3.05) is 0 Å². The fraction of sp³-hybridized carbons (Fsp3) is 0.615. The molecule has 17 heavy (non-hydrogen) atoms. The lowest BCUT2D eigenvalue weighted by atomic mass is 9.93. The molecule has 0 saturated carbocycles. The van der Waals surface area contributed by atoms with E-state index in [0.717, 1.165) is 5.76 Å². The molecule has 0 saturated heterocycles. The predicted molar refractivity (Wildman–Crippen MR) is 67.5 cm³/mol. The fourth-order valence-electron chi connectivity index (χ4n) is 1.72. The molecule has 0 aliphatic heterocycles. The zero-order chi connectivity index (χ0) is 12.9. The minimum Gasteiger partial charge on any atom is -0.469 e. The summed E-state index contributed by atoms with van der Waals surface area (Å²) in [6.45, 7) is 5.81. The van der Waals surface area contributed by atoms with E-state index in [9.17, 15) is 4.79 Å². The summed E-state index contributed by atoms with van der Waals surface area (Å²) in [5.41, 5.74) is 5.27. The number of rotatable bonds is 6. The molecule has 1 amide bonds. The van der Waals surface area contributed by atoms with Crippen LogP contribution >= 0.6 is 0 Å². The van der Waals surface area contributed by atoms with E-state index in [-0.39, 0.29) is 11.9 Å². The molecule has 1 rings (SSSR count). The van der Waals surface area contributed by atoms with Crippen molar-refractivity contribution < 1.29 is 9.21 Å². The van der Waals surface area contributed by atoms with Crippen LogP contribution in [0.5, 0.6) is 0 Å². The van der Waals surface area contributed by atoms with Crippen molar-refractivity contribution in [2.45, 2.75) is 51.6 Å². The van der Waals surface area contributed by atoms with E-state index in [1.807, 2.05) is 32.9 Å². The third kappa shape index (κ3) is 3.60. The fourth-order valence-corrected chi connectivity index (χ4v) is 1.72. The molecular formula is C13H22N2O2. The van der Waals surface area contributed by atoms with Gasteiger partial charge in [0, 0.05) is 12.5 Å². The first kappa shape index (κ1) is 13.8. The first-order valence-corrected chi connectivity index (χ1v) is 6.14. The molecule has 96 valence electrons. The van der Waals surface area contributed by atoms with E-state index in [2.05, 4.69) is 5.32 Å². The maximum absolute atomic E-state index is 12.0. The molecule has 4 heteroatoms. The molecule has 0 aliphatic rings. The normalized spacial score (nSPS) is 13.4. The third-order valence-electron chi connectivity index (χ3n) is 3.18. The minimum atomic E-state index is -0.753. The highest BCUT2D eigenvalue weighted by Crippen LogP contribution is 2.12. The molecule has 1 unspecified atom stereocenters. The topological polar surface area (TPSA) is 68.3 Å². The molecule has 0 radical (unpaired) electrons. The van der Waals surface area contributed by atoms with Gasteiger partial charge in [-0.3, -0.25) is 4.79 Å². The molecule has 0 aliphatic carbocycles. The Kier molecular flexibility index (Phi) is 4.75. The second kappa shape index (κ2) is 5.87. The summed E-state index contributed by atoms with van der Waals surface area (Å²) in [4.78, 5) is 12.0. The Labute approximate surface area is 103 Å². The SMILES string of the molecule is CCC(N)(CC)C(=O)NC(C)Cc1ccco1. The summed E-state index contributed by atoms with van der Waals surface area (Å²) >= 11 is 0. The van der Waals surface area contributed by atoms with Gasteiger partial charge in [-0.05, 0) is 31.9 Å². The lowest BCUT2D eigenvalue weighted by Crippen LogP contribution is -2.55. The average Bonchev–Trinajstić information content (AvgIpc) is 2.80. The van der Waals surface area contributed by atoms with Gasteiger partial charge in [0.2, 0.25) is 5.91 Å². The Morgan fingerprint density at radius 3 is 2.65 bits per heavy atom. The lowest BCUT2D eigenvalue weighted by Gasteiger charge is -2.27. The Morgan fingerprint density at radius 2 is 2.18 bits per heavy atom. The van der Waals surface area contributed by atoms with E-state index < -0.39 is 5.54 Å². The molecule has 0 spiro atoms. The Balaban J connectivity index is 2.51. The summed E-state index contributed by atoms with van der Waals surface area (Å²) in [7, 11) is 0. The van der Waals surface area contributed by atoms with E-state index in [4.69, 9.17) is 10.2 Å². The van der Waals surface area contributed by atoms with E-state index in [0.29, 0.717) is 19.3 Å². The van der Waals surface area contributed by atoms with Crippen molar-refractivity contribution >= 4 is 5.91 Å². The van der Waals surface area contributed by atoms with E-state index in [1.54, 1.807) is 6.26 Å². The lowest BCUT2D eigenvalue weighted by molar-refractivity contribution is -0.127. The first-order chi connectivity index (χ1) is 8.01. The van der Waals surface area contributed by atoms with Crippen molar-refractivity contribution in [3.8, 4) is 0 Å². The van der Waals surface area contributed by atoms with Crippen LogP contribution in [0.2, 0.25) is 0 Å². The van der Waals surface area contributed by atoms with Gasteiger partial charge in [0.05, 0.1) is 11.8 Å². The largest absolute Gasteiger partial charge is 0.469 e. The number of nitrogens with one attached hydrogen (secondary N) is 1. The molecule has 1 aromatic heterocycles. The predicted octanol–water partition coefficient (Wildman–Crippen LogP) is 1.84. The number of furan rings is 1. The van der Waals surface area contributed by atoms with Crippen molar-refractivity contribution in [1.29, 1.82) is 0 Å². The van der Waals surface area contributed by atoms with Crippen molar-refractivity contribution in [2.24, 2.45) is 5.73 Å². The Bertz CT molecular complexity index is 342. The molecule has 0 aromatic carbocycles. The number of amides is 1. The average molecular weight is 238 g/mol. The molecule has 1 heterocycles. The van der Waals surface area contributed by atoms with Crippen molar-refractivity contribution in [1.82, 2.24) is 5.32 Å². The number of carbonyl (C=O) groups is 1. The van der Waals surface area contributed by atoms with Gasteiger partial charge in [-0.15, -0.1) is 0 Å². The quantitative estimate of drug-likeness (QED) is 0.794. The van der Waals surface area contributed by atoms with Gasteiger partial charge in [0.15, 0.2) is 0 Å². The van der Waals surface area contributed by atoms with Crippen molar-refractivity contribution in [3.63, 3.8) is 0 Å². The van der Waals surface area contributed by atoms with Crippen LogP contribution in [0.4, 0.5) is 0 Å². The molecule has 3 N–H and O–H groups in total. The van der Waals surface area contributed by atoms with Gasteiger partial charge in [-0.1, -0.05) is 13.8 Å². The highest BCUT2D eigenvalue weighted by Gasteiger charge is 2.30. The van der Waals surface area contributed by atoms with Crippen LogP contribution in [0.15, 0.2) is 22.8 Å². The van der Waals surface area contributed by atoms with E-state index in [1.165, 1.54) is 0 Å². The van der Waals surface area contributed by atoms with Crippen LogP contribution in [-0.4, -0.2) is 17.5 Å². The van der Waals surface area contributed by atoms with Gasteiger partial charge in [-0.2, -0.15) is 0 Å². The highest BCUT2D eigenvalue weighted by atomic mass is 16.3. The van der Waals surface area contributed by atoms with Gasteiger partial charge >= 0.3 is 0 Å². The second-order valence-corrected chi connectivity index (χ2v) is 4.52. The smallest absolute Gasteiger partial charge is 0.240 e. The van der Waals surface area contributed by atoms with Gasteiger partial charge in [-0.25, -0.2) is 0 Å². The summed E-state index contributed by atoms with van der Waals surface area (Å²) < 4.78 is 5.24. The van der Waals surface area contributed by atoms with Crippen LogP contribution in [0.3, 0.4) is 0 Å². The maximum atomic E-state index is 12.0. The second-order valence-electron chi connectivity index (χ2n) is 4.52. The molecule has 0 fully saturated rings. The number of carbonyl (C=O) groups excluding carboxylic acids is 1. The number of hydrogen-bond donors (Lipinski definition) is 2. The Morgan fingerprint density at radius 1 is 1.53 bits per heavy atom. The number of nitrogens with two attached hydrogens (primary N) is 1. The summed E-state index contributed by atoms with van der Waals surface area (Å²) in [5, 5.41) is 2.94. The van der Waals surface area contributed by atoms with Crippen LogP contribution < -0.4 is 11.1 Å². The van der Waals surface area contributed by atoms with Crippen LogP contribution in [-0.2, 0) is 11.2 Å². The molecule has 4 nitrogen and oxygen atoms in total. The molecule has 1 atom stereocenters. The van der Waals surface area contributed by atoms with E-state index >= 15 is 0 Å². The standard InChI is InChI=1S/C13H22N2O2/c1-4-13(14,5-2)12(16)15-10(3)9-11-7-6-8-17-11/h6-8,10H,4-5,9,14H2,1-3H3,(H,15,16). The van der Waals surface area contributed by atoms with Crippen LogP contribution in [0, 0.1) is 0 Å². The van der Waals surface area contributed by atoms with Gasteiger partial charge in [0.25, 0.3) is 0 Å². The molecule has 0 bridgehead atoms. The summed E-state index contributed by atoms with van der Waals surface area (Å²) in [6, 6.07) is 3.77. The van der Waals surface area contributed by atoms with Crippen LogP contribution in [0.1, 0.15) is 39.4 Å². The minimum absolute atomic E-state index is 0.0228. The monoisotopic (exact) mass is 238 g/mol. The Hall–Kier alpha value is -1.29. The third-order valence-corrected chi connectivity index (χ3v) is 3.18. The zero-order valence-corrected chi connectivity index (χ0v) is 10.8. The van der Waals surface area contributed by atoms with Crippen molar-refractivity contribution in [3.05, 3.63) is 24.2 Å². The number of hydrogen-bond acceptors (Lipinski definition) is 3. The van der Waals surface area contributed by atoms with Gasteiger partial charge < -0.3 is 15.5 Å². The summed E-state index contributed by atoms with van der Waals surface area (Å²) in [6.07, 6.45) is 3.60. The first-order valence-electron chi connectivity index (χ1n) is 6.14.